The summed E-state index contributed by atoms with van der Waals surface area (Å²) in [5, 5.41) is 6.47. The molecule has 2 nitrogen and oxygen atoms in total. The highest BCUT2D eigenvalue weighted by atomic mass is 32.1. The zero-order chi connectivity index (χ0) is 12.4. The predicted molar refractivity (Wildman–Crippen MR) is 77.2 cm³/mol. The molecule has 0 bridgehead atoms. The molecular weight excluding hydrogens is 260 g/mol. The van der Waals surface area contributed by atoms with Crippen molar-refractivity contribution in [3.8, 4) is 11.3 Å². The fourth-order valence-electron chi connectivity index (χ4n) is 1.75. The van der Waals surface area contributed by atoms with Crippen LogP contribution in [0.25, 0.3) is 11.3 Å². The molecule has 0 amide bonds. The van der Waals surface area contributed by atoms with E-state index in [1.807, 2.05) is 25.1 Å². The molecule has 0 fully saturated rings. The summed E-state index contributed by atoms with van der Waals surface area (Å²) in [5.74, 6) is 0. The van der Waals surface area contributed by atoms with Crippen molar-refractivity contribution in [3.05, 3.63) is 56.8 Å². The van der Waals surface area contributed by atoms with Gasteiger partial charge in [0.25, 0.3) is 0 Å². The van der Waals surface area contributed by atoms with Crippen molar-refractivity contribution < 1.29 is 0 Å². The van der Waals surface area contributed by atoms with E-state index in [2.05, 4.69) is 32.9 Å². The van der Waals surface area contributed by atoms with E-state index in [0.717, 1.165) is 27.8 Å². The van der Waals surface area contributed by atoms with Crippen LogP contribution in [0.15, 0.2) is 41.1 Å². The molecular formula is C14H12N2S2. The second-order valence-corrected chi connectivity index (χ2v) is 5.94. The number of nitrogens with zero attached hydrogens (tertiary/aromatic N) is 2. The quantitative estimate of drug-likeness (QED) is 0.715. The molecule has 18 heavy (non-hydrogen) atoms. The van der Waals surface area contributed by atoms with Gasteiger partial charge in [0, 0.05) is 22.0 Å². The van der Waals surface area contributed by atoms with Gasteiger partial charge in [0.2, 0.25) is 0 Å². The summed E-state index contributed by atoms with van der Waals surface area (Å²) in [6, 6.07) is 10.3. The predicted octanol–water partition coefficient (Wildman–Crippen LogP) is 4.17. The number of aryl methyl sites for hydroxylation is 1. The van der Waals surface area contributed by atoms with E-state index in [1.54, 1.807) is 22.7 Å². The van der Waals surface area contributed by atoms with Crippen LogP contribution in [-0.2, 0) is 6.42 Å². The third-order valence-corrected chi connectivity index (χ3v) is 4.41. The molecule has 2 aromatic heterocycles. The van der Waals surface area contributed by atoms with Crippen LogP contribution in [0.4, 0.5) is 0 Å². The highest BCUT2D eigenvalue weighted by Gasteiger charge is 2.07. The topological polar surface area (TPSA) is 25.8 Å². The average molecular weight is 272 g/mol. The molecule has 0 spiro atoms. The highest BCUT2D eigenvalue weighted by Crippen LogP contribution is 2.23. The van der Waals surface area contributed by atoms with Gasteiger partial charge in [-0.1, -0.05) is 30.3 Å². The molecule has 3 rings (SSSR count). The first-order valence-electron chi connectivity index (χ1n) is 5.72. The Morgan fingerprint density at radius 1 is 0.944 bits per heavy atom. The minimum absolute atomic E-state index is 0.843. The number of thiazole rings is 2. The Balaban J connectivity index is 1.82. The summed E-state index contributed by atoms with van der Waals surface area (Å²) in [7, 11) is 0. The van der Waals surface area contributed by atoms with Crippen LogP contribution in [0.5, 0.6) is 0 Å². The van der Waals surface area contributed by atoms with Gasteiger partial charge in [-0.05, 0) is 6.92 Å². The fraction of sp³-hybridized carbons (Fsp3) is 0.143. The smallest absolute Gasteiger partial charge is 0.100 e. The van der Waals surface area contributed by atoms with Gasteiger partial charge in [-0.15, -0.1) is 22.7 Å². The molecule has 4 heteroatoms. The molecule has 3 aromatic rings. The number of benzene rings is 1. The Hall–Kier alpha value is -1.52. The van der Waals surface area contributed by atoms with Crippen LogP contribution in [0, 0.1) is 6.92 Å². The Morgan fingerprint density at radius 2 is 1.67 bits per heavy atom. The summed E-state index contributed by atoms with van der Waals surface area (Å²) < 4.78 is 0. The molecule has 0 unspecified atom stereocenters. The summed E-state index contributed by atoms with van der Waals surface area (Å²) in [6.07, 6.45) is 0.843. The minimum Gasteiger partial charge on any atom is -0.246 e. The maximum absolute atomic E-state index is 4.67. The monoisotopic (exact) mass is 272 g/mol. The van der Waals surface area contributed by atoms with Crippen molar-refractivity contribution >= 4 is 22.7 Å². The van der Waals surface area contributed by atoms with Crippen molar-refractivity contribution in [1.29, 1.82) is 0 Å². The largest absolute Gasteiger partial charge is 0.246 e. The van der Waals surface area contributed by atoms with Crippen LogP contribution < -0.4 is 0 Å². The minimum atomic E-state index is 0.843. The number of aromatic nitrogens is 2. The number of hydrogen-bond acceptors (Lipinski definition) is 4. The lowest BCUT2D eigenvalue weighted by Crippen LogP contribution is -1.86. The van der Waals surface area contributed by atoms with Crippen molar-refractivity contribution in [1.82, 2.24) is 9.97 Å². The van der Waals surface area contributed by atoms with Crippen molar-refractivity contribution in [3.63, 3.8) is 0 Å². The standard InChI is InChI=1S/C14H12N2S2/c1-10-8-17-13(15-10)7-14-16-12(9-18-14)11-5-3-2-4-6-11/h2-6,8-9H,7H2,1H3. The van der Waals surface area contributed by atoms with Gasteiger partial charge in [0.05, 0.1) is 17.1 Å². The van der Waals surface area contributed by atoms with Crippen LogP contribution in [0.3, 0.4) is 0 Å². The third-order valence-electron chi connectivity index (χ3n) is 2.59. The molecule has 0 aliphatic carbocycles. The van der Waals surface area contributed by atoms with Crippen LogP contribution in [-0.4, -0.2) is 9.97 Å². The zero-order valence-electron chi connectivity index (χ0n) is 9.96. The van der Waals surface area contributed by atoms with E-state index in [9.17, 15) is 0 Å². The first-order chi connectivity index (χ1) is 8.81. The van der Waals surface area contributed by atoms with Crippen molar-refractivity contribution in [2.24, 2.45) is 0 Å². The van der Waals surface area contributed by atoms with E-state index >= 15 is 0 Å². The summed E-state index contributed by atoms with van der Waals surface area (Å²) in [4.78, 5) is 9.14. The molecule has 90 valence electrons. The fourth-order valence-corrected chi connectivity index (χ4v) is 3.42. The van der Waals surface area contributed by atoms with Crippen molar-refractivity contribution in [2.75, 3.05) is 0 Å². The SMILES string of the molecule is Cc1csc(Cc2nc(-c3ccccc3)cs2)n1. The van der Waals surface area contributed by atoms with E-state index in [-0.39, 0.29) is 0 Å². The summed E-state index contributed by atoms with van der Waals surface area (Å²) >= 11 is 3.41. The Bertz CT molecular complexity index is 641. The van der Waals surface area contributed by atoms with Gasteiger partial charge in [-0.2, -0.15) is 0 Å². The Kier molecular flexibility index (Phi) is 3.21. The summed E-state index contributed by atoms with van der Waals surface area (Å²) in [6.45, 7) is 2.03. The lowest BCUT2D eigenvalue weighted by atomic mass is 10.2. The lowest BCUT2D eigenvalue weighted by molar-refractivity contribution is 1.08. The highest BCUT2D eigenvalue weighted by molar-refractivity contribution is 7.11. The van der Waals surface area contributed by atoms with Crippen molar-refractivity contribution in [2.45, 2.75) is 13.3 Å². The first-order valence-corrected chi connectivity index (χ1v) is 7.48. The van der Waals surface area contributed by atoms with Gasteiger partial charge in [-0.3, -0.25) is 0 Å². The lowest BCUT2D eigenvalue weighted by Gasteiger charge is -1.94. The van der Waals surface area contributed by atoms with E-state index < -0.39 is 0 Å². The normalized spacial score (nSPS) is 10.7. The molecule has 0 aliphatic rings. The van der Waals surface area contributed by atoms with E-state index in [0.29, 0.717) is 0 Å². The van der Waals surface area contributed by atoms with Gasteiger partial charge < -0.3 is 0 Å². The molecule has 0 atom stereocenters. The Morgan fingerprint density at radius 3 is 2.39 bits per heavy atom. The Labute approximate surface area is 114 Å². The molecule has 0 saturated carbocycles. The molecule has 0 saturated heterocycles. The van der Waals surface area contributed by atoms with E-state index in [4.69, 9.17) is 0 Å². The molecule has 0 radical (unpaired) electrons. The first kappa shape index (κ1) is 11.6. The van der Waals surface area contributed by atoms with Gasteiger partial charge in [-0.25, -0.2) is 9.97 Å². The summed E-state index contributed by atoms with van der Waals surface area (Å²) in [5.41, 5.74) is 3.33. The van der Waals surface area contributed by atoms with Gasteiger partial charge in [0.1, 0.15) is 5.01 Å². The molecule has 1 aromatic carbocycles. The van der Waals surface area contributed by atoms with Gasteiger partial charge >= 0.3 is 0 Å². The second-order valence-electron chi connectivity index (χ2n) is 4.05. The third kappa shape index (κ3) is 2.49. The molecule has 2 heterocycles. The van der Waals surface area contributed by atoms with Crippen LogP contribution in [0.1, 0.15) is 15.7 Å². The maximum Gasteiger partial charge on any atom is 0.100 e. The average Bonchev–Trinajstić information content (AvgIpc) is 3.01. The van der Waals surface area contributed by atoms with Gasteiger partial charge in [0.15, 0.2) is 0 Å². The number of hydrogen-bond donors (Lipinski definition) is 0. The maximum atomic E-state index is 4.67. The number of rotatable bonds is 3. The zero-order valence-corrected chi connectivity index (χ0v) is 11.6. The molecule has 0 aliphatic heterocycles. The van der Waals surface area contributed by atoms with Crippen LogP contribution in [0.2, 0.25) is 0 Å². The van der Waals surface area contributed by atoms with E-state index in [1.165, 1.54) is 5.56 Å². The second kappa shape index (κ2) is 5.00. The molecule has 0 N–H and O–H groups in total. The van der Waals surface area contributed by atoms with Crippen LogP contribution >= 0.6 is 22.7 Å².